The molecule has 0 unspecified atom stereocenters. The maximum absolute atomic E-state index is 5.00. The van der Waals surface area contributed by atoms with Crippen molar-refractivity contribution in [2.45, 2.75) is 38.8 Å². The molecule has 5 heteroatoms. The van der Waals surface area contributed by atoms with E-state index in [2.05, 4.69) is 53.2 Å². The zero-order chi connectivity index (χ0) is 15.8. The van der Waals surface area contributed by atoms with Crippen LogP contribution in [0.25, 0.3) is 10.9 Å². The van der Waals surface area contributed by atoms with Crippen LogP contribution in [0.3, 0.4) is 0 Å². The number of para-hydroxylation sites is 1. The van der Waals surface area contributed by atoms with Crippen molar-refractivity contribution in [3.05, 3.63) is 24.3 Å². The summed E-state index contributed by atoms with van der Waals surface area (Å²) in [5.74, 6) is 2.02. The smallest absolute Gasteiger partial charge is 0.227 e. The van der Waals surface area contributed by atoms with Gasteiger partial charge >= 0.3 is 0 Å². The molecule has 0 saturated carbocycles. The average Bonchev–Trinajstić information content (AvgIpc) is 3.07. The highest BCUT2D eigenvalue weighted by Crippen LogP contribution is 2.28. The molecule has 2 aliphatic heterocycles. The molecule has 0 aliphatic carbocycles. The van der Waals surface area contributed by atoms with E-state index in [1.165, 1.54) is 18.2 Å². The summed E-state index contributed by atoms with van der Waals surface area (Å²) in [7, 11) is 0. The molecule has 0 bridgehead atoms. The topological polar surface area (TPSA) is 48.9 Å². The highest BCUT2D eigenvalue weighted by atomic mass is 15.3. The summed E-state index contributed by atoms with van der Waals surface area (Å²) in [4.78, 5) is 14.6. The number of benzene rings is 1. The van der Waals surface area contributed by atoms with Gasteiger partial charge in [0.15, 0.2) is 0 Å². The maximum atomic E-state index is 5.00. The van der Waals surface area contributed by atoms with Gasteiger partial charge in [0, 0.05) is 18.5 Å². The Morgan fingerprint density at radius 2 is 1.65 bits per heavy atom. The van der Waals surface area contributed by atoms with Crippen LogP contribution in [0, 0.1) is 0 Å². The highest BCUT2D eigenvalue weighted by molar-refractivity contribution is 5.90. The first-order valence-corrected chi connectivity index (χ1v) is 8.82. The van der Waals surface area contributed by atoms with E-state index in [0.29, 0.717) is 12.1 Å². The third kappa shape index (κ3) is 2.85. The van der Waals surface area contributed by atoms with E-state index in [0.717, 1.165) is 43.5 Å². The fourth-order valence-electron chi connectivity index (χ4n) is 3.97. The molecule has 3 heterocycles. The van der Waals surface area contributed by atoms with Crippen molar-refractivity contribution < 1.29 is 5.32 Å². The van der Waals surface area contributed by atoms with Gasteiger partial charge in [-0.15, -0.1) is 0 Å². The Labute approximate surface area is 137 Å². The molecular weight excluding hydrogens is 286 g/mol. The van der Waals surface area contributed by atoms with Crippen molar-refractivity contribution in [1.82, 2.24) is 9.97 Å². The van der Waals surface area contributed by atoms with Crippen LogP contribution in [-0.4, -0.2) is 48.2 Å². The molecule has 0 radical (unpaired) electrons. The van der Waals surface area contributed by atoms with Crippen LogP contribution in [0.15, 0.2) is 24.3 Å². The zero-order valence-corrected chi connectivity index (χ0v) is 14.1. The number of rotatable bonds is 2. The van der Waals surface area contributed by atoms with E-state index in [4.69, 9.17) is 9.97 Å². The molecule has 4 rings (SSSR count). The van der Waals surface area contributed by atoms with Crippen LogP contribution in [0.1, 0.15) is 26.7 Å². The SMILES string of the molecule is C[C@@H]1CN(c2nc(N3CCCC3)nc3ccccc23)C[C@@H](C)[NH2+]1. The van der Waals surface area contributed by atoms with Crippen molar-refractivity contribution >= 4 is 22.7 Å². The Morgan fingerprint density at radius 1 is 0.957 bits per heavy atom. The lowest BCUT2D eigenvalue weighted by atomic mass is 10.1. The predicted molar refractivity (Wildman–Crippen MR) is 94.0 cm³/mol. The van der Waals surface area contributed by atoms with Gasteiger partial charge in [0.2, 0.25) is 5.95 Å². The van der Waals surface area contributed by atoms with E-state index in [-0.39, 0.29) is 0 Å². The molecular formula is C18H26N5+. The van der Waals surface area contributed by atoms with E-state index in [9.17, 15) is 0 Å². The molecule has 122 valence electrons. The minimum absolute atomic E-state index is 0.600. The van der Waals surface area contributed by atoms with Gasteiger partial charge in [-0.3, -0.25) is 0 Å². The van der Waals surface area contributed by atoms with Gasteiger partial charge < -0.3 is 15.1 Å². The molecule has 1 aromatic carbocycles. The number of aromatic nitrogens is 2. The van der Waals surface area contributed by atoms with Gasteiger partial charge in [0.25, 0.3) is 0 Å². The van der Waals surface area contributed by atoms with Crippen molar-refractivity contribution in [2.24, 2.45) is 0 Å². The van der Waals surface area contributed by atoms with Crippen LogP contribution >= 0.6 is 0 Å². The second-order valence-corrected chi connectivity index (χ2v) is 7.11. The van der Waals surface area contributed by atoms with Gasteiger partial charge in [0.05, 0.1) is 18.6 Å². The van der Waals surface area contributed by atoms with Gasteiger partial charge in [-0.2, -0.15) is 4.98 Å². The number of nitrogens with zero attached hydrogens (tertiary/aromatic N) is 4. The molecule has 2 N–H and O–H groups in total. The predicted octanol–water partition coefficient (Wildman–Crippen LogP) is 1.39. The van der Waals surface area contributed by atoms with Gasteiger partial charge in [0.1, 0.15) is 17.9 Å². The average molecular weight is 312 g/mol. The lowest BCUT2D eigenvalue weighted by Crippen LogP contribution is -2.99. The molecule has 23 heavy (non-hydrogen) atoms. The molecule has 2 aromatic rings. The summed E-state index contributed by atoms with van der Waals surface area (Å²) >= 11 is 0. The summed E-state index contributed by atoms with van der Waals surface area (Å²) < 4.78 is 0. The van der Waals surface area contributed by atoms with Crippen LogP contribution in [0.4, 0.5) is 11.8 Å². The standard InChI is InChI=1S/C18H25N5/c1-13-11-23(12-14(2)19-13)17-15-7-3-4-8-16(15)20-18(21-17)22-9-5-6-10-22/h3-4,7-8,13-14,19H,5-6,9-12H2,1-2H3/p+1/t13-,14-/m1/s1. The third-order valence-electron chi connectivity index (χ3n) is 4.93. The number of fused-ring (bicyclic) bond motifs is 1. The van der Waals surface area contributed by atoms with Gasteiger partial charge in [-0.05, 0) is 38.8 Å². The first-order valence-electron chi connectivity index (χ1n) is 8.82. The fraction of sp³-hybridized carbons (Fsp3) is 0.556. The Balaban J connectivity index is 1.79. The summed E-state index contributed by atoms with van der Waals surface area (Å²) in [6.07, 6.45) is 2.50. The van der Waals surface area contributed by atoms with E-state index < -0.39 is 0 Å². The number of hydrogen-bond acceptors (Lipinski definition) is 4. The van der Waals surface area contributed by atoms with Gasteiger partial charge in [-0.25, -0.2) is 4.98 Å². The van der Waals surface area contributed by atoms with Crippen molar-refractivity contribution in [1.29, 1.82) is 0 Å². The van der Waals surface area contributed by atoms with E-state index in [1.807, 2.05) is 0 Å². The second-order valence-electron chi connectivity index (χ2n) is 7.11. The Bertz CT molecular complexity index is 685. The lowest BCUT2D eigenvalue weighted by Gasteiger charge is -2.35. The molecule has 2 fully saturated rings. The van der Waals surface area contributed by atoms with Crippen LogP contribution in [0.2, 0.25) is 0 Å². The van der Waals surface area contributed by atoms with Crippen molar-refractivity contribution in [3.63, 3.8) is 0 Å². The number of nitrogens with two attached hydrogens (primary N) is 1. The van der Waals surface area contributed by atoms with Gasteiger partial charge in [-0.1, -0.05) is 12.1 Å². The zero-order valence-electron chi connectivity index (χ0n) is 14.1. The number of anilines is 2. The summed E-state index contributed by atoms with van der Waals surface area (Å²) in [5, 5.41) is 3.64. The van der Waals surface area contributed by atoms with E-state index >= 15 is 0 Å². The first-order chi connectivity index (χ1) is 11.2. The van der Waals surface area contributed by atoms with E-state index in [1.54, 1.807) is 0 Å². The highest BCUT2D eigenvalue weighted by Gasteiger charge is 2.27. The van der Waals surface area contributed by atoms with Crippen LogP contribution in [0.5, 0.6) is 0 Å². The molecule has 0 spiro atoms. The molecule has 5 nitrogen and oxygen atoms in total. The minimum atomic E-state index is 0.600. The first kappa shape index (κ1) is 14.7. The number of piperazine rings is 1. The maximum Gasteiger partial charge on any atom is 0.227 e. The lowest BCUT2D eigenvalue weighted by molar-refractivity contribution is -0.716. The second kappa shape index (κ2) is 5.96. The van der Waals surface area contributed by atoms with Crippen molar-refractivity contribution in [3.8, 4) is 0 Å². The summed E-state index contributed by atoms with van der Waals surface area (Å²) in [6.45, 7) is 8.85. The minimum Gasteiger partial charge on any atom is -0.344 e. The summed E-state index contributed by atoms with van der Waals surface area (Å²) in [5.41, 5.74) is 1.06. The fourth-order valence-corrected chi connectivity index (χ4v) is 3.97. The van der Waals surface area contributed by atoms with Crippen molar-refractivity contribution in [2.75, 3.05) is 36.0 Å². The molecule has 2 saturated heterocycles. The van der Waals surface area contributed by atoms with Crippen LogP contribution in [-0.2, 0) is 0 Å². The number of hydrogen-bond donors (Lipinski definition) is 1. The van der Waals surface area contributed by atoms with Crippen LogP contribution < -0.4 is 15.1 Å². The number of quaternary nitrogens is 1. The monoisotopic (exact) mass is 312 g/mol. The Kier molecular flexibility index (Phi) is 3.81. The normalized spacial score (nSPS) is 25.3. The Hall–Kier alpha value is -1.88. The Morgan fingerprint density at radius 3 is 2.39 bits per heavy atom. The molecule has 2 aliphatic rings. The third-order valence-corrected chi connectivity index (χ3v) is 4.93. The molecule has 0 amide bonds. The quantitative estimate of drug-likeness (QED) is 0.910. The molecule has 1 aromatic heterocycles. The molecule has 2 atom stereocenters. The largest absolute Gasteiger partial charge is 0.344 e. The summed E-state index contributed by atoms with van der Waals surface area (Å²) in [6, 6.07) is 9.63.